The third kappa shape index (κ3) is 2.34. The molecule has 0 bridgehead atoms. The van der Waals surface area contributed by atoms with Gasteiger partial charge in [-0.05, 0) is 6.07 Å². The molecule has 14 heavy (non-hydrogen) atoms. The van der Waals surface area contributed by atoms with Crippen molar-refractivity contribution in [1.82, 2.24) is 4.98 Å². The average molecular weight is 212 g/mol. The summed E-state index contributed by atoms with van der Waals surface area (Å²) in [5.41, 5.74) is -0.148. The quantitative estimate of drug-likeness (QED) is 0.358. The Morgan fingerprint density at radius 3 is 3.00 bits per heavy atom. The number of anilines is 1. The predicted octanol–water partition coefficient (Wildman–Crippen LogP) is 1.69. The first-order valence-electron chi connectivity index (χ1n) is 3.63. The molecule has 0 aliphatic rings. The lowest BCUT2D eigenvalue weighted by Crippen LogP contribution is -2.04. The van der Waals surface area contributed by atoms with Gasteiger partial charge in [-0.2, -0.15) is 0 Å². The molecule has 6 heteroatoms. The van der Waals surface area contributed by atoms with E-state index < -0.39 is 4.92 Å². The zero-order valence-corrected chi connectivity index (χ0v) is 7.78. The summed E-state index contributed by atoms with van der Waals surface area (Å²) >= 11 is 5.58. The molecule has 0 saturated carbocycles. The van der Waals surface area contributed by atoms with Crippen molar-refractivity contribution in [1.29, 1.82) is 0 Å². The molecular weight excluding hydrogens is 206 g/mol. The highest BCUT2D eigenvalue weighted by molar-refractivity contribution is 6.29. The molecule has 1 rings (SSSR count). The van der Waals surface area contributed by atoms with Gasteiger partial charge in [0.15, 0.2) is 0 Å². The van der Waals surface area contributed by atoms with Gasteiger partial charge in [0, 0.05) is 6.07 Å². The van der Waals surface area contributed by atoms with Crippen LogP contribution in [0.5, 0.6) is 0 Å². The van der Waals surface area contributed by atoms with Gasteiger partial charge in [-0.25, -0.2) is 4.98 Å². The van der Waals surface area contributed by atoms with E-state index >= 15 is 0 Å². The summed E-state index contributed by atoms with van der Waals surface area (Å²) < 4.78 is 0. The van der Waals surface area contributed by atoms with Gasteiger partial charge in [0.05, 0.1) is 11.5 Å². The van der Waals surface area contributed by atoms with Crippen LogP contribution in [-0.2, 0) is 0 Å². The maximum absolute atomic E-state index is 10.5. The zero-order valence-electron chi connectivity index (χ0n) is 7.03. The lowest BCUT2D eigenvalue weighted by molar-refractivity contribution is -0.384. The van der Waals surface area contributed by atoms with E-state index in [1.54, 1.807) is 0 Å². The SMILES string of the molecule is C#CCNc1nc(Cl)ccc1[N+](=O)[O-]. The number of aromatic nitrogens is 1. The molecule has 0 aliphatic carbocycles. The van der Waals surface area contributed by atoms with Gasteiger partial charge < -0.3 is 5.32 Å². The molecule has 0 fully saturated rings. The Balaban J connectivity index is 3.04. The molecule has 0 atom stereocenters. The van der Waals surface area contributed by atoms with E-state index in [1.165, 1.54) is 12.1 Å². The van der Waals surface area contributed by atoms with Gasteiger partial charge in [-0.1, -0.05) is 17.5 Å². The van der Waals surface area contributed by atoms with Crippen molar-refractivity contribution in [3.05, 3.63) is 27.4 Å². The maximum atomic E-state index is 10.5. The lowest BCUT2D eigenvalue weighted by Gasteiger charge is -2.02. The molecule has 0 unspecified atom stereocenters. The van der Waals surface area contributed by atoms with Crippen LogP contribution >= 0.6 is 11.6 Å². The molecule has 1 heterocycles. The van der Waals surface area contributed by atoms with Gasteiger partial charge in [0.2, 0.25) is 5.82 Å². The predicted molar refractivity (Wildman–Crippen MR) is 53.2 cm³/mol. The number of terminal acetylenes is 1. The normalized spacial score (nSPS) is 9.14. The van der Waals surface area contributed by atoms with Crippen molar-refractivity contribution in [2.75, 3.05) is 11.9 Å². The Bertz CT molecular complexity index is 400. The number of pyridine rings is 1. The first-order chi connectivity index (χ1) is 6.65. The van der Waals surface area contributed by atoms with Crippen LogP contribution in [0.3, 0.4) is 0 Å². The average Bonchev–Trinajstić information content (AvgIpc) is 2.14. The Kier molecular flexibility index (Phi) is 3.26. The van der Waals surface area contributed by atoms with Crippen LogP contribution in [-0.4, -0.2) is 16.5 Å². The summed E-state index contributed by atoms with van der Waals surface area (Å²) in [6, 6.07) is 2.62. The molecule has 0 aromatic carbocycles. The number of hydrogen-bond acceptors (Lipinski definition) is 4. The molecule has 5 nitrogen and oxygen atoms in total. The Morgan fingerprint density at radius 2 is 2.43 bits per heavy atom. The summed E-state index contributed by atoms with van der Waals surface area (Å²) in [6.45, 7) is 0.161. The van der Waals surface area contributed by atoms with Crippen LogP contribution in [0.4, 0.5) is 11.5 Å². The van der Waals surface area contributed by atoms with Crippen LogP contribution in [0.15, 0.2) is 12.1 Å². The van der Waals surface area contributed by atoms with E-state index in [1.807, 2.05) is 0 Å². The number of nitrogens with zero attached hydrogens (tertiary/aromatic N) is 2. The van der Waals surface area contributed by atoms with Gasteiger partial charge in [-0.15, -0.1) is 6.42 Å². The molecule has 0 amide bonds. The second-order valence-corrected chi connectivity index (χ2v) is 2.70. The van der Waals surface area contributed by atoms with Crippen molar-refractivity contribution in [3.8, 4) is 12.3 Å². The van der Waals surface area contributed by atoms with E-state index in [9.17, 15) is 10.1 Å². The number of halogens is 1. The largest absolute Gasteiger partial charge is 0.353 e. The highest BCUT2D eigenvalue weighted by Gasteiger charge is 2.14. The third-order valence-corrected chi connectivity index (χ3v) is 1.61. The lowest BCUT2D eigenvalue weighted by atomic mass is 10.4. The third-order valence-electron chi connectivity index (χ3n) is 1.39. The number of hydrogen-bond donors (Lipinski definition) is 1. The fourth-order valence-electron chi connectivity index (χ4n) is 0.840. The highest BCUT2D eigenvalue weighted by atomic mass is 35.5. The molecule has 0 saturated heterocycles. The second kappa shape index (κ2) is 4.44. The molecule has 72 valence electrons. The summed E-state index contributed by atoms with van der Waals surface area (Å²) in [7, 11) is 0. The number of nitro groups is 1. The first-order valence-corrected chi connectivity index (χ1v) is 4.01. The van der Waals surface area contributed by atoms with Gasteiger partial charge in [0.25, 0.3) is 0 Å². The van der Waals surface area contributed by atoms with Crippen LogP contribution in [0.1, 0.15) is 0 Å². The summed E-state index contributed by atoms with van der Waals surface area (Å²) in [4.78, 5) is 13.7. The topological polar surface area (TPSA) is 68.1 Å². The molecule has 0 aliphatic heterocycles. The first kappa shape index (κ1) is 10.3. The van der Waals surface area contributed by atoms with Crippen LogP contribution in [0, 0.1) is 22.5 Å². The maximum Gasteiger partial charge on any atom is 0.311 e. The van der Waals surface area contributed by atoms with E-state index in [2.05, 4.69) is 16.2 Å². The molecule has 0 radical (unpaired) electrons. The Labute approximate surface area is 85.3 Å². The standard InChI is InChI=1S/C8H6ClN3O2/c1-2-5-10-8-6(12(13)14)3-4-7(9)11-8/h1,3-4H,5H2,(H,10,11). The Hall–Kier alpha value is -1.80. The minimum atomic E-state index is -0.553. The fourth-order valence-corrected chi connectivity index (χ4v) is 0.988. The fraction of sp³-hybridized carbons (Fsp3) is 0.125. The summed E-state index contributed by atoms with van der Waals surface area (Å²) in [6.07, 6.45) is 5.00. The minimum Gasteiger partial charge on any atom is -0.353 e. The van der Waals surface area contributed by atoms with E-state index in [0.29, 0.717) is 0 Å². The van der Waals surface area contributed by atoms with Crippen LogP contribution in [0.25, 0.3) is 0 Å². The number of nitrogens with one attached hydrogen (secondary N) is 1. The molecule has 1 aromatic rings. The van der Waals surface area contributed by atoms with Crippen LogP contribution in [0.2, 0.25) is 5.15 Å². The monoisotopic (exact) mass is 211 g/mol. The van der Waals surface area contributed by atoms with Crippen LogP contribution < -0.4 is 5.32 Å². The minimum absolute atomic E-state index is 0.0838. The van der Waals surface area contributed by atoms with Crippen molar-refractivity contribution in [2.24, 2.45) is 0 Å². The van der Waals surface area contributed by atoms with E-state index in [-0.39, 0.29) is 23.2 Å². The Morgan fingerprint density at radius 1 is 1.71 bits per heavy atom. The van der Waals surface area contributed by atoms with Gasteiger partial charge in [-0.3, -0.25) is 10.1 Å². The highest BCUT2D eigenvalue weighted by Crippen LogP contribution is 2.23. The van der Waals surface area contributed by atoms with Gasteiger partial charge >= 0.3 is 5.69 Å². The van der Waals surface area contributed by atoms with Crippen molar-refractivity contribution < 1.29 is 4.92 Å². The van der Waals surface area contributed by atoms with Gasteiger partial charge in [0.1, 0.15) is 5.15 Å². The zero-order chi connectivity index (χ0) is 10.6. The molecule has 1 N–H and O–H groups in total. The molecular formula is C8H6ClN3O2. The summed E-state index contributed by atoms with van der Waals surface area (Å²) in [5.74, 6) is 2.37. The smallest absolute Gasteiger partial charge is 0.311 e. The summed E-state index contributed by atoms with van der Waals surface area (Å²) in [5, 5.41) is 13.3. The van der Waals surface area contributed by atoms with E-state index in [0.717, 1.165) is 0 Å². The van der Waals surface area contributed by atoms with E-state index in [4.69, 9.17) is 18.0 Å². The van der Waals surface area contributed by atoms with Crippen molar-refractivity contribution in [2.45, 2.75) is 0 Å². The molecule has 0 spiro atoms. The molecule has 1 aromatic heterocycles. The van der Waals surface area contributed by atoms with Crippen molar-refractivity contribution >= 4 is 23.1 Å². The van der Waals surface area contributed by atoms with Crippen molar-refractivity contribution in [3.63, 3.8) is 0 Å². The second-order valence-electron chi connectivity index (χ2n) is 2.32. The number of rotatable bonds is 3.